The van der Waals surface area contributed by atoms with Gasteiger partial charge in [-0.05, 0) is 49.6 Å². The highest BCUT2D eigenvalue weighted by atomic mass is 16.5. The lowest BCUT2D eigenvalue weighted by Crippen LogP contribution is -2.27. The van der Waals surface area contributed by atoms with E-state index in [-0.39, 0.29) is 11.9 Å². The Bertz CT molecular complexity index is 712. The molecule has 2 rings (SSSR count). The van der Waals surface area contributed by atoms with Crippen LogP contribution in [0.2, 0.25) is 0 Å². The first-order chi connectivity index (χ1) is 12.1. The summed E-state index contributed by atoms with van der Waals surface area (Å²) in [6, 6.07) is 13.3. The molecule has 2 aromatic carbocycles. The molecule has 0 aliphatic carbocycles. The van der Waals surface area contributed by atoms with Gasteiger partial charge in [0.25, 0.3) is 5.91 Å². The number of nitrogens with one attached hydrogen (secondary N) is 1. The van der Waals surface area contributed by atoms with Gasteiger partial charge in [0.15, 0.2) is 11.5 Å². The molecule has 0 aliphatic heterocycles. The van der Waals surface area contributed by atoms with Crippen LogP contribution in [0.5, 0.6) is 11.5 Å². The summed E-state index contributed by atoms with van der Waals surface area (Å²) in [5.41, 5.74) is 2.83. The summed E-state index contributed by atoms with van der Waals surface area (Å²) in [7, 11) is 1.58. The SMILES string of the molecule is CCCCOc1ccc(C(=O)NC(C)c2ccccc2C)cc1OC. The van der Waals surface area contributed by atoms with Crippen LogP contribution in [0, 0.1) is 6.92 Å². The minimum absolute atomic E-state index is 0.0693. The number of hydrogen-bond donors (Lipinski definition) is 1. The summed E-state index contributed by atoms with van der Waals surface area (Å²) in [5.74, 6) is 1.11. The third kappa shape index (κ3) is 4.99. The van der Waals surface area contributed by atoms with Gasteiger partial charge in [0.1, 0.15) is 0 Å². The quantitative estimate of drug-likeness (QED) is 0.710. The molecule has 1 unspecified atom stereocenters. The third-order valence-corrected chi connectivity index (χ3v) is 4.18. The maximum Gasteiger partial charge on any atom is 0.251 e. The van der Waals surface area contributed by atoms with E-state index in [0.717, 1.165) is 24.0 Å². The van der Waals surface area contributed by atoms with Gasteiger partial charge in [-0.1, -0.05) is 37.6 Å². The highest BCUT2D eigenvalue weighted by Crippen LogP contribution is 2.28. The van der Waals surface area contributed by atoms with Gasteiger partial charge in [0, 0.05) is 5.56 Å². The predicted molar refractivity (Wildman–Crippen MR) is 100 cm³/mol. The van der Waals surface area contributed by atoms with Crippen LogP contribution in [-0.4, -0.2) is 19.6 Å². The highest BCUT2D eigenvalue weighted by Gasteiger charge is 2.15. The predicted octanol–water partition coefficient (Wildman–Crippen LogP) is 4.67. The van der Waals surface area contributed by atoms with Crippen LogP contribution in [-0.2, 0) is 0 Å². The maximum atomic E-state index is 12.6. The van der Waals surface area contributed by atoms with Crippen molar-refractivity contribution in [2.45, 2.75) is 39.7 Å². The van der Waals surface area contributed by atoms with Crippen LogP contribution in [0.15, 0.2) is 42.5 Å². The Kier molecular flexibility index (Phi) is 6.87. The monoisotopic (exact) mass is 341 g/mol. The number of ether oxygens (including phenoxy) is 2. The van der Waals surface area contributed by atoms with Gasteiger partial charge in [0.2, 0.25) is 0 Å². The fraction of sp³-hybridized carbons (Fsp3) is 0.381. The number of carbonyl (C=O) groups is 1. The van der Waals surface area contributed by atoms with E-state index >= 15 is 0 Å². The van der Waals surface area contributed by atoms with Crippen molar-refractivity contribution in [1.29, 1.82) is 0 Å². The summed E-state index contributed by atoms with van der Waals surface area (Å²) >= 11 is 0. The molecule has 2 aromatic rings. The third-order valence-electron chi connectivity index (χ3n) is 4.18. The van der Waals surface area contributed by atoms with Gasteiger partial charge in [-0.2, -0.15) is 0 Å². The number of unbranched alkanes of at least 4 members (excludes halogenated alkanes) is 1. The van der Waals surface area contributed by atoms with E-state index in [1.165, 1.54) is 0 Å². The van der Waals surface area contributed by atoms with Crippen molar-refractivity contribution in [2.75, 3.05) is 13.7 Å². The second-order valence-electron chi connectivity index (χ2n) is 6.12. The number of carbonyl (C=O) groups excluding carboxylic acids is 1. The first-order valence-electron chi connectivity index (χ1n) is 8.74. The maximum absolute atomic E-state index is 12.6. The molecule has 1 amide bonds. The normalized spacial score (nSPS) is 11.7. The van der Waals surface area contributed by atoms with Crippen LogP contribution in [0.3, 0.4) is 0 Å². The van der Waals surface area contributed by atoms with Crippen molar-refractivity contribution in [3.05, 3.63) is 59.2 Å². The number of benzene rings is 2. The van der Waals surface area contributed by atoms with Crippen LogP contribution < -0.4 is 14.8 Å². The van der Waals surface area contributed by atoms with Crippen molar-refractivity contribution in [3.63, 3.8) is 0 Å². The van der Waals surface area contributed by atoms with E-state index in [4.69, 9.17) is 9.47 Å². The molecule has 1 atom stereocenters. The zero-order valence-electron chi connectivity index (χ0n) is 15.5. The molecule has 0 radical (unpaired) electrons. The molecule has 4 heteroatoms. The van der Waals surface area contributed by atoms with Crippen LogP contribution >= 0.6 is 0 Å². The fourth-order valence-electron chi connectivity index (χ4n) is 2.68. The smallest absolute Gasteiger partial charge is 0.251 e. The van der Waals surface area contributed by atoms with E-state index in [2.05, 4.69) is 12.2 Å². The van der Waals surface area contributed by atoms with Gasteiger partial charge >= 0.3 is 0 Å². The Balaban J connectivity index is 2.09. The number of hydrogen-bond acceptors (Lipinski definition) is 3. The van der Waals surface area contributed by atoms with Crippen molar-refractivity contribution in [3.8, 4) is 11.5 Å². The topological polar surface area (TPSA) is 47.6 Å². The highest BCUT2D eigenvalue weighted by molar-refractivity contribution is 5.95. The Morgan fingerprint density at radius 3 is 2.60 bits per heavy atom. The lowest BCUT2D eigenvalue weighted by atomic mass is 10.0. The summed E-state index contributed by atoms with van der Waals surface area (Å²) < 4.78 is 11.1. The molecule has 4 nitrogen and oxygen atoms in total. The molecule has 0 aromatic heterocycles. The molecule has 1 N–H and O–H groups in total. The Labute approximate surface area is 150 Å². The van der Waals surface area contributed by atoms with Gasteiger partial charge in [-0.15, -0.1) is 0 Å². The first kappa shape index (κ1) is 18.8. The molecule has 0 saturated carbocycles. The largest absolute Gasteiger partial charge is 0.493 e. The fourth-order valence-corrected chi connectivity index (χ4v) is 2.68. The molecular formula is C21H27NO3. The van der Waals surface area contributed by atoms with E-state index in [0.29, 0.717) is 23.7 Å². The molecule has 0 heterocycles. The lowest BCUT2D eigenvalue weighted by Gasteiger charge is -2.17. The summed E-state index contributed by atoms with van der Waals surface area (Å²) in [6.45, 7) is 6.79. The number of aryl methyl sites for hydroxylation is 1. The standard InChI is InChI=1S/C21H27NO3/c1-5-6-13-25-19-12-11-17(14-20(19)24-4)21(23)22-16(3)18-10-8-7-9-15(18)2/h7-12,14,16H,5-6,13H2,1-4H3,(H,22,23). The molecule has 134 valence electrons. The van der Waals surface area contributed by atoms with E-state index in [9.17, 15) is 4.79 Å². The Hall–Kier alpha value is -2.49. The number of amides is 1. The van der Waals surface area contributed by atoms with Crippen molar-refractivity contribution < 1.29 is 14.3 Å². The average molecular weight is 341 g/mol. The number of methoxy groups -OCH3 is 1. The molecule has 0 spiro atoms. The Morgan fingerprint density at radius 2 is 1.92 bits per heavy atom. The van der Waals surface area contributed by atoms with Crippen LogP contribution in [0.25, 0.3) is 0 Å². The minimum Gasteiger partial charge on any atom is -0.493 e. The van der Waals surface area contributed by atoms with Gasteiger partial charge in [-0.25, -0.2) is 0 Å². The molecular weight excluding hydrogens is 314 g/mol. The molecule has 25 heavy (non-hydrogen) atoms. The van der Waals surface area contributed by atoms with Crippen molar-refractivity contribution in [1.82, 2.24) is 5.32 Å². The molecule has 0 bridgehead atoms. The van der Waals surface area contributed by atoms with Crippen molar-refractivity contribution in [2.24, 2.45) is 0 Å². The molecule has 0 saturated heterocycles. The van der Waals surface area contributed by atoms with E-state index in [1.807, 2.05) is 38.1 Å². The molecule has 0 fully saturated rings. The second kappa shape index (κ2) is 9.11. The van der Waals surface area contributed by atoms with Crippen molar-refractivity contribution >= 4 is 5.91 Å². The average Bonchev–Trinajstić information content (AvgIpc) is 2.62. The van der Waals surface area contributed by atoms with Gasteiger partial charge in [-0.3, -0.25) is 4.79 Å². The minimum atomic E-state index is -0.130. The van der Waals surface area contributed by atoms with Crippen LogP contribution in [0.1, 0.15) is 54.2 Å². The Morgan fingerprint density at radius 1 is 1.16 bits per heavy atom. The van der Waals surface area contributed by atoms with Crippen LogP contribution in [0.4, 0.5) is 0 Å². The summed E-state index contributed by atoms with van der Waals surface area (Å²) in [5, 5.41) is 3.04. The summed E-state index contributed by atoms with van der Waals surface area (Å²) in [6.07, 6.45) is 2.05. The van der Waals surface area contributed by atoms with Gasteiger partial charge < -0.3 is 14.8 Å². The van der Waals surface area contributed by atoms with Gasteiger partial charge in [0.05, 0.1) is 19.8 Å². The second-order valence-corrected chi connectivity index (χ2v) is 6.12. The number of rotatable bonds is 8. The lowest BCUT2D eigenvalue weighted by molar-refractivity contribution is 0.0939. The first-order valence-corrected chi connectivity index (χ1v) is 8.74. The summed E-state index contributed by atoms with van der Waals surface area (Å²) in [4.78, 5) is 12.6. The molecule has 0 aliphatic rings. The zero-order chi connectivity index (χ0) is 18.2. The van der Waals surface area contributed by atoms with E-state index < -0.39 is 0 Å². The van der Waals surface area contributed by atoms with E-state index in [1.54, 1.807) is 25.3 Å². The zero-order valence-corrected chi connectivity index (χ0v) is 15.5.